The van der Waals surface area contributed by atoms with E-state index in [-0.39, 0.29) is 23.6 Å². The highest BCUT2D eigenvalue weighted by molar-refractivity contribution is 6.08. The predicted octanol–water partition coefficient (Wildman–Crippen LogP) is 2.85. The van der Waals surface area contributed by atoms with E-state index in [4.69, 9.17) is 5.11 Å². The van der Waals surface area contributed by atoms with Crippen molar-refractivity contribution in [1.29, 1.82) is 0 Å². The number of allylic oxidation sites excluding steroid dienone is 6. The molecule has 0 unspecified atom stereocenters. The van der Waals surface area contributed by atoms with E-state index in [1.54, 1.807) is 19.1 Å². The Balaban J connectivity index is 3.14. The summed E-state index contributed by atoms with van der Waals surface area (Å²) in [6.07, 6.45) is 7.00. The molecule has 0 amide bonds. The van der Waals surface area contributed by atoms with E-state index in [0.717, 1.165) is 11.1 Å². The monoisotopic (exact) mass is 248 g/mol. The van der Waals surface area contributed by atoms with Gasteiger partial charge in [0.1, 0.15) is 0 Å². The first kappa shape index (κ1) is 14.5. The van der Waals surface area contributed by atoms with Crippen LogP contribution in [0.25, 0.3) is 0 Å². The minimum atomic E-state index is -0.377. The first-order valence-corrected chi connectivity index (χ1v) is 5.93. The first-order valence-electron chi connectivity index (χ1n) is 5.93. The topological polar surface area (TPSA) is 57.5 Å². The normalized spacial score (nSPS) is 20.6. The standard InChI is InChI=1S/C15H20O3/c1-10(7-8-16)5-6-12-11(2)14(18)13(17)9-15(12,3)4/h5-7,9,16-17H,8H2,1-4H3/b6-5-,10-7-. The number of Topliss-reactive ketones (excluding diaryl/α,β-unsaturated/α-hetero) is 1. The van der Waals surface area contributed by atoms with Crippen molar-refractivity contribution in [2.24, 2.45) is 5.41 Å². The Morgan fingerprint density at radius 1 is 1.44 bits per heavy atom. The molecule has 1 aliphatic carbocycles. The molecule has 1 aliphatic rings. The number of carbonyl (C=O) groups is 1. The summed E-state index contributed by atoms with van der Waals surface area (Å²) >= 11 is 0. The first-order chi connectivity index (χ1) is 8.29. The van der Waals surface area contributed by atoms with Gasteiger partial charge in [0.05, 0.1) is 6.61 Å². The van der Waals surface area contributed by atoms with Crippen LogP contribution in [0, 0.1) is 5.41 Å². The number of hydrogen-bond donors (Lipinski definition) is 2. The Morgan fingerprint density at radius 3 is 2.61 bits per heavy atom. The lowest BCUT2D eigenvalue weighted by molar-refractivity contribution is -0.114. The van der Waals surface area contributed by atoms with Crippen LogP contribution in [-0.4, -0.2) is 22.6 Å². The van der Waals surface area contributed by atoms with E-state index in [0.29, 0.717) is 5.57 Å². The summed E-state index contributed by atoms with van der Waals surface area (Å²) in [6, 6.07) is 0. The summed E-state index contributed by atoms with van der Waals surface area (Å²) in [5, 5.41) is 18.4. The number of aliphatic hydroxyl groups excluding tert-OH is 2. The van der Waals surface area contributed by atoms with Crippen molar-refractivity contribution in [3.8, 4) is 0 Å². The molecule has 1 rings (SSSR count). The van der Waals surface area contributed by atoms with Crippen molar-refractivity contribution in [3.63, 3.8) is 0 Å². The van der Waals surface area contributed by atoms with E-state index >= 15 is 0 Å². The summed E-state index contributed by atoms with van der Waals surface area (Å²) < 4.78 is 0. The molecule has 18 heavy (non-hydrogen) atoms. The van der Waals surface area contributed by atoms with Gasteiger partial charge in [-0.3, -0.25) is 4.79 Å². The van der Waals surface area contributed by atoms with Gasteiger partial charge < -0.3 is 10.2 Å². The molecule has 3 heteroatoms. The van der Waals surface area contributed by atoms with E-state index < -0.39 is 0 Å². The molecule has 0 radical (unpaired) electrons. The zero-order valence-electron chi connectivity index (χ0n) is 11.3. The average Bonchev–Trinajstić information content (AvgIpc) is 2.25. The SMILES string of the molecule is CC1=C(/C=C\C(C)=C/CO)C(C)(C)C=C(O)C1=O. The third-order valence-electron chi connectivity index (χ3n) is 3.10. The molecule has 0 spiro atoms. The van der Waals surface area contributed by atoms with Gasteiger partial charge in [0.25, 0.3) is 0 Å². The Morgan fingerprint density at radius 2 is 2.06 bits per heavy atom. The maximum absolute atomic E-state index is 11.7. The van der Waals surface area contributed by atoms with E-state index in [2.05, 4.69) is 0 Å². The van der Waals surface area contributed by atoms with E-state index in [1.165, 1.54) is 0 Å². The van der Waals surface area contributed by atoms with Gasteiger partial charge in [0.15, 0.2) is 5.76 Å². The van der Waals surface area contributed by atoms with Gasteiger partial charge >= 0.3 is 0 Å². The number of ketones is 1. The predicted molar refractivity (Wildman–Crippen MR) is 72.2 cm³/mol. The fraction of sp³-hybridized carbons (Fsp3) is 0.400. The van der Waals surface area contributed by atoms with Gasteiger partial charge in [0.2, 0.25) is 5.78 Å². The molecule has 0 aromatic heterocycles. The average molecular weight is 248 g/mol. The Labute approximate surface area is 108 Å². The van der Waals surface area contributed by atoms with E-state index in [9.17, 15) is 9.90 Å². The van der Waals surface area contributed by atoms with Crippen LogP contribution in [0.1, 0.15) is 27.7 Å². The number of carbonyl (C=O) groups excluding carboxylic acids is 1. The van der Waals surface area contributed by atoms with Crippen molar-refractivity contribution in [2.45, 2.75) is 27.7 Å². The van der Waals surface area contributed by atoms with Crippen LogP contribution in [0.2, 0.25) is 0 Å². The zero-order valence-corrected chi connectivity index (χ0v) is 11.3. The fourth-order valence-corrected chi connectivity index (χ4v) is 2.05. The second-order valence-electron chi connectivity index (χ2n) is 5.08. The van der Waals surface area contributed by atoms with Gasteiger partial charge in [0, 0.05) is 11.0 Å². The van der Waals surface area contributed by atoms with Crippen molar-refractivity contribution in [1.82, 2.24) is 0 Å². The lowest BCUT2D eigenvalue weighted by atomic mass is 9.76. The minimum absolute atomic E-state index is 0.00276. The third-order valence-corrected chi connectivity index (χ3v) is 3.10. The zero-order chi connectivity index (χ0) is 13.9. The van der Waals surface area contributed by atoms with Gasteiger partial charge in [-0.05, 0) is 25.5 Å². The minimum Gasteiger partial charge on any atom is -0.504 e. The van der Waals surface area contributed by atoms with Gasteiger partial charge in [-0.1, -0.05) is 37.6 Å². The molecular formula is C15H20O3. The Kier molecular flexibility index (Phi) is 4.30. The molecule has 0 fully saturated rings. The molecular weight excluding hydrogens is 228 g/mol. The van der Waals surface area contributed by atoms with Gasteiger partial charge in [-0.2, -0.15) is 0 Å². The number of hydrogen-bond acceptors (Lipinski definition) is 3. The van der Waals surface area contributed by atoms with Crippen LogP contribution in [0.4, 0.5) is 0 Å². The largest absolute Gasteiger partial charge is 0.504 e. The van der Waals surface area contributed by atoms with Crippen LogP contribution >= 0.6 is 0 Å². The second kappa shape index (κ2) is 5.36. The Hall–Kier alpha value is -1.61. The summed E-state index contributed by atoms with van der Waals surface area (Å²) in [5.74, 6) is -0.505. The van der Waals surface area contributed by atoms with Crippen molar-refractivity contribution in [3.05, 3.63) is 46.8 Å². The quantitative estimate of drug-likeness (QED) is 0.755. The lowest BCUT2D eigenvalue weighted by Gasteiger charge is -2.28. The highest BCUT2D eigenvalue weighted by Gasteiger charge is 2.30. The smallest absolute Gasteiger partial charge is 0.222 e. The Bertz CT molecular complexity index is 474. The molecule has 0 aliphatic heterocycles. The van der Waals surface area contributed by atoms with Crippen LogP contribution in [-0.2, 0) is 4.79 Å². The highest BCUT2D eigenvalue weighted by Crippen LogP contribution is 2.37. The van der Waals surface area contributed by atoms with Crippen LogP contribution in [0.15, 0.2) is 46.8 Å². The van der Waals surface area contributed by atoms with Gasteiger partial charge in [-0.15, -0.1) is 0 Å². The molecule has 0 saturated heterocycles. The van der Waals surface area contributed by atoms with Crippen LogP contribution < -0.4 is 0 Å². The third kappa shape index (κ3) is 2.99. The van der Waals surface area contributed by atoms with Gasteiger partial charge in [-0.25, -0.2) is 0 Å². The highest BCUT2D eigenvalue weighted by atomic mass is 16.3. The maximum atomic E-state index is 11.7. The molecule has 0 heterocycles. The summed E-state index contributed by atoms with van der Waals surface area (Å²) in [7, 11) is 0. The van der Waals surface area contributed by atoms with Crippen LogP contribution in [0.5, 0.6) is 0 Å². The summed E-state index contributed by atoms with van der Waals surface area (Å²) in [6.45, 7) is 7.50. The molecule has 0 saturated carbocycles. The fourth-order valence-electron chi connectivity index (χ4n) is 2.05. The maximum Gasteiger partial charge on any atom is 0.222 e. The summed E-state index contributed by atoms with van der Waals surface area (Å²) in [5.41, 5.74) is 2.00. The second-order valence-corrected chi connectivity index (χ2v) is 5.08. The van der Waals surface area contributed by atoms with E-state index in [1.807, 2.05) is 32.9 Å². The molecule has 2 N–H and O–H groups in total. The molecule has 0 aromatic rings. The molecule has 0 atom stereocenters. The van der Waals surface area contributed by atoms with Crippen LogP contribution in [0.3, 0.4) is 0 Å². The number of rotatable bonds is 3. The molecule has 3 nitrogen and oxygen atoms in total. The molecule has 98 valence electrons. The van der Waals surface area contributed by atoms with Crippen molar-refractivity contribution < 1.29 is 15.0 Å². The molecule has 0 bridgehead atoms. The summed E-state index contributed by atoms with van der Waals surface area (Å²) in [4.78, 5) is 11.7. The van der Waals surface area contributed by atoms with Crippen molar-refractivity contribution in [2.75, 3.05) is 6.61 Å². The number of aliphatic hydroxyl groups is 2. The van der Waals surface area contributed by atoms with Crippen molar-refractivity contribution >= 4 is 5.78 Å². The molecule has 0 aromatic carbocycles. The lowest BCUT2D eigenvalue weighted by Crippen LogP contribution is -2.23.